The fourth-order valence-corrected chi connectivity index (χ4v) is 5.10. The summed E-state index contributed by atoms with van der Waals surface area (Å²) in [6.45, 7) is 0.426. The zero-order chi connectivity index (χ0) is 17.0. The minimum atomic E-state index is -3.59. The molecule has 0 spiro atoms. The molecule has 0 saturated carbocycles. The second-order valence-corrected chi connectivity index (χ2v) is 9.34. The molecule has 1 aromatic heterocycles. The third kappa shape index (κ3) is 4.37. The van der Waals surface area contributed by atoms with Crippen LogP contribution >= 0.6 is 27.3 Å². The second-order valence-electron chi connectivity index (χ2n) is 4.97. The Hall–Kier alpha value is -1.83. The summed E-state index contributed by atoms with van der Waals surface area (Å²) >= 11 is 4.43. The second kappa shape index (κ2) is 7.38. The molecule has 0 saturated heterocycles. The van der Waals surface area contributed by atoms with Crippen LogP contribution in [0.25, 0.3) is 0 Å². The van der Waals surface area contributed by atoms with Gasteiger partial charge in [0.15, 0.2) is 0 Å². The van der Waals surface area contributed by atoms with Gasteiger partial charge in [-0.05, 0) is 45.8 Å². The first-order valence-corrected chi connectivity index (χ1v) is 10.2. The van der Waals surface area contributed by atoms with Crippen molar-refractivity contribution in [3.8, 4) is 5.75 Å². The van der Waals surface area contributed by atoms with Gasteiger partial charge >= 0.3 is 0 Å². The number of benzene rings is 2. The Balaban J connectivity index is 1.71. The molecule has 2 aromatic carbocycles. The fourth-order valence-electron chi connectivity index (χ4n) is 2.04. The predicted molar refractivity (Wildman–Crippen MR) is 100 cm³/mol. The molecule has 0 fully saturated rings. The Morgan fingerprint density at radius 3 is 2.50 bits per heavy atom. The Labute approximate surface area is 153 Å². The number of anilines is 1. The number of rotatable bonds is 6. The minimum absolute atomic E-state index is 0.255. The monoisotopic (exact) mass is 423 g/mol. The van der Waals surface area contributed by atoms with Gasteiger partial charge in [0.2, 0.25) is 0 Å². The van der Waals surface area contributed by atoms with Crippen LogP contribution in [0, 0.1) is 0 Å². The zero-order valence-electron chi connectivity index (χ0n) is 12.5. The fraction of sp³-hybridized carbons (Fsp3) is 0.0588. The molecule has 0 amide bonds. The van der Waals surface area contributed by atoms with Crippen molar-refractivity contribution in [2.45, 2.75) is 10.8 Å². The molecule has 7 heteroatoms. The highest BCUT2D eigenvalue weighted by atomic mass is 79.9. The summed E-state index contributed by atoms with van der Waals surface area (Å²) in [7, 11) is -3.59. The van der Waals surface area contributed by atoms with E-state index in [4.69, 9.17) is 4.74 Å². The van der Waals surface area contributed by atoms with E-state index in [1.54, 1.807) is 36.4 Å². The van der Waals surface area contributed by atoms with E-state index in [-0.39, 0.29) is 4.21 Å². The summed E-state index contributed by atoms with van der Waals surface area (Å²) < 4.78 is 34.0. The van der Waals surface area contributed by atoms with Gasteiger partial charge in [-0.15, -0.1) is 11.3 Å². The van der Waals surface area contributed by atoms with Gasteiger partial charge in [-0.2, -0.15) is 0 Å². The lowest BCUT2D eigenvalue weighted by Gasteiger charge is -2.10. The molecule has 0 aliphatic rings. The normalized spacial score (nSPS) is 11.2. The number of hydrogen-bond acceptors (Lipinski definition) is 4. The number of thiophene rings is 1. The van der Waals surface area contributed by atoms with E-state index in [0.29, 0.717) is 18.0 Å². The van der Waals surface area contributed by atoms with Crippen molar-refractivity contribution in [1.82, 2.24) is 0 Å². The van der Waals surface area contributed by atoms with Crippen molar-refractivity contribution in [1.29, 1.82) is 0 Å². The Kier molecular flexibility index (Phi) is 5.23. The van der Waals surface area contributed by atoms with E-state index >= 15 is 0 Å². The molecule has 4 nitrogen and oxygen atoms in total. The van der Waals surface area contributed by atoms with E-state index < -0.39 is 10.0 Å². The molecule has 0 aliphatic heterocycles. The number of nitrogens with one attached hydrogen (secondary N) is 1. The SMILES string of the molecule is O=S(=O)(Nc1cccc(OCc2ccccc2)c1)c1ccc(Br)s1. The van der Waals surface area contributed by atoms with Gasteiger partial charge in [-0.25, -0.2) is 8.42 Å². The molecule has 24 heavy (non-hydrogen) atoms. The predicted octanol–water partition coefficient (Wildman–Crippen LogP) is 4.89. The van der Waals surface area contributed by atoms with Crippen LogP contribution in [0.15, 0.2) is 74.7 Å². The van der Waals surface area contributed by atoms with Crippen molar-refractivity contribution in [2.24, 2.45) is 0 Å². The highest BCUT2D eigenvalue weighted by Crippen LogP contribution is 2.28. The molecular weight excluding hydrogens is 410 g/mol. The van der Waals surface area contributed by atoms with Crippen molar-refractivity contribution < 1.29 is 13.2 Å². The smallest absolute Gasteiger partial charge is 0.271 e. The van der Waals surface area contributed by atoms with Crippen molar-refractivity contribution >= 4 is 43.0 Å². The summed E-state index contributed by atoms with van der Waals surface area (Å²) in [5.41, 5.74) is 1.51. The molecule has 1 N–H and O–H groups in total. The van der Waals surface area contributed by atoms with Crippen LogP contribution in [-0.4, -0.2) is 8.42 Å². The quantitative estimate of drug-likeness (QED) is 0.613. The van der Waals surface area contributed by atoms with Gasteiger partial charge in [0, 0.05) is 6.07 Å². The van der Waals surface area contributed by atoms with Crippen LogP contribution in [-0.2, 0) is 16.6 Å². The molecule has 0 radical (unpaired) electrons. The summed E-state index contributed by atoms with van der Waals surface area (Å²) in [5, 5.41) is 0. The maximum absolute atomic E-state index is 12.3. The lowest BCUT2D eigenvalue weighted by Crippen LogP contribution is -2.11. The first-order valence-electron chi connectivity index (χ1n) is 7.08. The van der Waals surface area contributed by atoms with Gasteiger partial charge in [0.05, 0.1) is 9.47 Å². The summed E-state index contributed by atoms with van der Waals surface area (Å²) in [4.78, 5) is 0. The van der Waals surface area contributed by atoms with E-state index in [1.807, 2.05) is 30.3 Å². The Morgan fingerprint density at radius 2 is 1.79 bits per heavy atom. The van der Waals surface area contributed by atoms with Crippen LogP contribution in [0.2, 0.25) is 0 Å². The minimum Gasteiger partial charge on any atom is -0.489 e. The van der Waals surface area contributed by atoms with E-state index in [1.165, 1.54) is 0 Å². The first kappa shape index (κ1) is 17.0. The molecule has 0 unspecified atom stereocenters. The molecule has 3 aromatic rings. The van der Waals surface area contributed by atoms with Gasteiger partial charge in [0.1, 0.15) is 16.6 Å². The lowest BCUT2D eigenvalue weighted by atomic mass is 10.2. The average Bonchev–Trinajstić information content (AvgIpc) is 3.01. The highest BCUT2D eigenvalue weighted by molar-refractivity contribution is 9.11. The third-order valence-corrected chi connectivity index (χ3v) is 6.64. The topological polar surface area (TPSA) is 55.4 Å². The summed E-state index contributed by atoms with van der Waals surface area (Å²) in [5.74, 6) is 0.603. The van der Waals surface area contributed by atoms with Crippen LogP contribution in [0.4, 0.5) is 5.69 Å². The number of hydrogen-bond donors (Lipinski definition) is 1. The van der Waals surface area contributed by atoms with Crippen molar-refractivity contribution in [3.05, 3.63) is 76.1 Å². The third-order valence-electron chi connectivity index (χ3n) is 3.15. The van der Waals surface area contributed by atoms with E-state index in [9.17, 15) is 8.42 Å². The lowest BCUT2D eigenvalue weighted by molar-refractivity contribution is 0.306. The molecule has 0 atom stereocenters. The molecular formula is C17H14BrNO3S2. The Bertz CT molecular complexity index is 924. The number of sulfonamides is 1. The molecule has 124 valence electrons. The number of ether oxygens (including phenoxy) is 1. The maximum Gasteiger partial charge on any atom is 0.271 e. The Morgan fingerprint density at radius 1 is 1.00 bits per heavy atom. The number of halogens is 1. The first-order chi connectivity index (χ1) is 11.5. The largest absolute Gasteiger partial charge is 0.489 e. The molecule has 0 aliphatic carbocycles. The van der Waals surface area contributed by atoms with Gasteiger partial charge in [0.25, 0.3) is 10.0 Å². The summed E-state index contributed by atoms with van der Waals surface area (Å²) in [6.07, 6.45) is 0. The summed E-state index contributed by atoms with van der Waals surface area (Å²) in [6, 6.07) is 20.0. The van der Waals surface area contributed by atoms with Gasteiger partial charge < -0.3 is 4.74 Å². The van der Waals surface area contributed by atoms with Crippen LogP contribution < -0.4 is 9.46 Å². The van der Waals surface area contributed by atoms with Gasteiger partial charge in [-0.1, -0.05) is 36.4 Å². The standard InChI is InChI=1S/C17H14BrNO3S2/c18-16-9-10-17(23-16)24(20,21)19-14-7-4-8-15(11-14)22-12-13-5-2-1-3-6-13/h1-11,19H,12H2. The van der Waals surface area contributed by atoms with E-state index in [0.717, 1.165) is 20.7 Å². The molecule has 1 heterocycles. The van der Waals surface area contributed by atoms with Crippen LogP contribution in [0.5, 0.6) is 5.75 Å². The van der Waals surface area contributed by atoms with E-state index in [2.05, 4.69) is 20.7 Å². The average molecular weight is 424 g/mol. The van der Waals surface area contributed by atoms with Crippen LogP contribution in [0.3, 0.4) is 0 Å². The maximum atomic E-state index is 12.3. The van der Waals surface area contributed by atoms with Crippen molar-refractivity contribution in [3.63, 3.8) is 0 Å². The van der Waals surface area contributed by atoms with Gasteiger partial charge in [-0.3, -0.25) is 4.72 Å². The molecule has 3 rings (SSSR count). The molecule has 0 bridgehead atoms. The van der Waals surface area contributed by atoms with Crippen LogP contribution in [0.1, 0.15) is 5.56 Å². The highest BCUT2D eigenvalue weighted by Gasteiger charge is 2.16. The zero-order valence-corrected chi connectivity index (χ0v) is 15.7. The van der Waals surface area contributed by atoms with Crippen molar-refractivity contribution in [2.75, 3.05) is 4.72 Å².